The van der Waals surface area contributed by atoms with Gasteiger partial charge in [0.2, 0.25) is 10.0 Å². The minimum Gasteiger partial charge on any atom is -0.490 e. The smallest absolute Gasteiger partial charge is 0.214 e. The molecular weight excluding hydrogens is 353 g/mol. The average Bonchev–Trinajstić information content (AvgIpc) is 2.64. The lowest BCUT2D eigenvalue weighted by Crippen LogP contribution is -2.43. The first-order chi connectivity index (χ1) is 12.4. The maximum absolute atomic E-state index is 13.2. The molecule has 140 valence electrons. The third-order valence-corrected chi connectivity index (χ3v) is 6.59. The molecule has 0 aromatic heterocycles. The molecule has 1 heterocycles. The van der Waals surface area contributed by atoms with Crippen molar-refractivity contribution >= 4 is 10.0 Å². The second-order valence-electron chi connectivity index (χ2n) is 6.68. The number of ether oxygens (including phenoxy) is 1. The maximum Gasteiger partial charge on any atom is 0.214 e. The van der Waals surface area contributed by atoms with Gasteiger partial charge in [-0.2, -0.15) is 0 Å². The first-order valence-electron chi connectivity index (χ1n) is 8.88. The number of piperidine rings is 1. The summed E-state index contributed by atoms with van der Waals surface area (Å²) in [6.07, 6.45) is 1.76. The van der Waals surface area contributed by atoms with Crippen LogP contribution in [0.1, 0.15) is 24.0 Å². The van der Waals surface area contributed by atoms with E-state index in [9.17, 15) is 12.8 Å². The van der Waals surface area contributed by atoms with Crippen LogP contribution in [0, 0.1) is 12.7 Å². The average molecular weight is 377 g/mol. The Labute approximate surface area is 154 Å². The summed E-state index contributed by atoms with van der Waals surface area (Å²) in [5, 5.41) is 0. The lowest BCUT2D eigenvalue weighted by Gasteiger charge is -2.31. The van der Waals surface area contributed by atoms with Gasteiger partial charge in [0.15, 0.2) is 0 Å². The van der Waals surface area contributed by atoms with Crippen molar-refractivity contribution < 1.29 is 17.5 Å². The zero-order valence-corrected chi connectivity index (χ0v) is 15.7. The van der Waals surface area contributed by atoms with Crippen LogP contribution < -0.4 is 4.74 Å². The van der Waals surface area contributed by atoms with Crippen molar-refractivity contribution in [2.75, 3.05) is 18.8 Å². The maximum atomic E-state index is 13.2. The summed E-state index contributed by atoms with van der Waals surface area (Å²) in [7, 11) is -3.26. The molecule has 4 nitrogen and oxygen atoms in total. The Morgan fingerprint density at radius 2 is 1.81 bits per heavy atom. The highest BCUT2D eigenvalue weighted by atomic mass is 32.2. The molecule has 0 saturated carbocycles. The summed E-state index contributed by atoms with van der Waals surface area (Å²) in [6.45, 7) is 2.73. The highest BCUT2D eigenvalue weighted by Crippen LogP contribution is 2.24. The largest absolute Gasteiger partial charge is 0.490 e. The van der Waals surface area contributed by atoms with Crippen molar-refractivity contribution in [3.63, 3.8) is 0 Å². The predicted molar refractivity (Wildman–Crippen MR) is 100 cm³/mol. The Morgan fingerprint density at radius 1 is 1.12 bits per heavy atom. The van der Waals surface area contributed by atoms with E-state index in [4.69, 9.17) is 4.74 Å². The molecule has 0 bridgehead atoms. The first kappa shape index (κ1) is 18.9. The number of sulfonamides is 1. The number of rotatable bonds is 6. The number of benzene rings is 2. The molecule has 26 heavy (non-hydrogen) atoms. The molecule has 6 heteroatoms. The van der Waals surface area contributed by atoms with E-state index in [-0.39, 0.29) is 17.7 Å². The number of nitrogens with zero attached hydrogens (tertiary/aromatic N) is 1. The van der Waals surface area contributed by atoms with E-state index < -0.39 is 10.0 Å². The second kappa shape index (κ2) is 8.18. The van der Waals surface area contributed by atoms with Crippen molar-refractivity contribution in [3.05, 3.63) is 65.5 Å². The quantitative estimate of drug-likeness (QED) is 0.773. The Morgan fingerprint density at radius 3 is 2.46 bits per heavy atom. The number of aryl methyl sites for hydroxylation is 2. The van der Waals surface area contributed by atoms with Gasteiger partial charge < -0.3 is 4.74 Å². The minimum absolute atomic E-state index is 0.0419. The summed E-state index contributed by atoms with van der Waals surface area (Å²) in [5.41, 5.74) is 1.78. The molecule has 0 amide bonds. The van der Waals surface area contributed by atoms with E-state index in [1.54, 1.807) is 10.4 Å². The van der Waals surface area contributed by atoms with Gasteiger partial charge in [-0.15, -0.1) is 0 Å². The van der Waals surface area contributed by atoms with Crippen LogP contribution in [0.25, 0.3) is 0 Å². The molecule has 0 aliphatic carbocycles. The van der Waals surface area contributed by atoms with Crippen molar-refractivity contribution in [1.29, 1.82) is 0 Å². The van der Waals surface area contributed by atoms with Crippen molar-refractivity contribution in [3.8, 4) is 5.75 Å². The van der Waals surface area contributed by atoms with Gasteiger partial charge in [0.1, 0.15) is 17.7 Å². The Bertz CT molecular complexity index is 831. The molecular formula is C20H24FNO3S. The van der Waals surface area contributed by atoms with Gasteiger partial charge in [-0.1, -0.05) is 30.3 Å². The summed E-state index contributed by atoms with van der Waals surface area (Å²) < 4.78 is 45.8. The van der Waals surface area contributed by atoms with Gasteiger partial charge in [0.05, 0.1) is 5.75 Å². The van der Waals surface area contributed by atoms with Gasteiger partial charge in [-0.05, 0) is 55.5 Å². The Kier molecular flexibility index (Phi) is 5.94. The molecule has 0 N–H and O–H groups in total. The topological polar surface area (TPSA) is 46.6 Å². The first-order valence-corrected chi connectivity index (χ1v) is 10.5. The van der Waals surface area contributed by atoms with Crippen molar-refractivity contribution in [1.82, 2.24) is 4.31 Å². The molecule has 0 spiro atoms. The van der Waals surface area contributed by atoms with Crippen LogP contribution in [-0.2, 0) is 16.4 Å². The number of halogens is 1. The molecule has 0 unspecified atom stereocenters. The van der Waals surface area contributed by atoms with Gasteiger partial charge >= 0.3 is 0 Å². The second-order valence-corrected chi connectivity index (χ2v) is 8.77. The molecule has 1 fully saturated rings. The molecule has 2 aromatic rings. The molecule has 0 atom stereocenters. The lowest BCUT2D eigenvalue weighted by molar-refractivity contribution is 0.134. The lowest BCUT2D eigenvalue weighted by atomic mass is 10.1. The Balaban J connectivity index is 1.52. The van der Waals surface area contributed by atoms with Gasteiger partial charge in [-0.25, -0.2) is 17.1 Å². The SMILES string of the molecule is Cc1cc(F)ccc1OC1CCN(S(=O)(=O)CCc2ccccc2)CC1. The number of hydrogen-bond donors (Lipinski definition) is 0. The van der Waals surface area contributed by atoms with Crippen LogP contribution in [0.3, 0.4) is 0 Å². The third-order valence-electron chi connectivity index (χ3n) is 4.72. The highest BCUT2D eigenvalue weighted by Gasteiger charge is 2.28. The van der Waals surface area contributed by atoms with E-state index in [1.165, 1.54) is 12.1 Å². The Hall–Kier alpha value is -1.92. The van der Waals surface area contributed by atoms with Crippen LogP contribution >= 0.6 is 0 Å². The van der Waals surface area contributed by atoms with Crippen LogP contribution in [-0.4, -0.2) is 37.7 Å². The van der Waals surface area contributed by atoms with Crippen LogP contribution in [0.2, 0.25) is 0 Å². The molecule has 1 aliphatic rings. The minimum atomic E-state index is -3.26. The monoisotopic (exact) mass is 377 g/mol. The summed E-state index contributed by atoms with van der Waals surface area (Å²) in [5.74, 6) is 0.505. The predicted octanol–water partition coefficient (Wildman–Crippen LogP) is 3.55. The standard InChI is InChI=1S/C20H24FNO3S/c1-16-15-18(21)7-8-20(16)25-19-9-12-22(13-10-19)26(23,24)14-11-17-5-3-2-4-6-17/h2-8,15,19H,9-14H2,1H3. The van der Waals surface area contributed by atoms with Gasteiger partial charge in [0, 0.05) is 13.1 Å². The highest BCUT2D eigenvalue weighted by molar-refractivity contribution is 7.89. The van der Waals surface area contributed by atoms with E-state index in [1.807, 2.05) is 37.3 Å². The van der Waals surface area contributed by atoms with E-state index in [0.717, 1.165) is 11.1 Å². The van der Waals surface area contributed by atoms with E-state index in [0.29, 0.717) is 38.1 Å². The fourth-order valence-electron chi connectivity index (χ4n) is 3.17. The molecule has 0 radical (unpaired) electrons. The fourth-order valence-corrected chi connectivity index (χ4v) is 4.69. The summed E-state index contributed by atoms with van der Waals surface area (Å²) in [6, 6.07) is 14.1. The van der Waals surface area contributed by atoms with Gasteiger partial charge in [-0.3, -0.25) is 0 Å². The van der Waals surface area contributed by atoms with Crippen molar-refractivity contribution in [2.45, 2.75) is 32.3 Å². The van der Waals surface area contributed by atoms with Crippen molar-refractivity contribution in [2.24, 2.45) is 0 Å². The van der Waals surface area contributed by atoms with Crippen LogP contribution in [0.4, 0.5) is 4.39 Å². The van der Waals surface area contributed by atoms with Crippen LogP contribution in [0.15, 0.2) is 48.5 Å². The zero-order chi connectivity index (χ0) is 18.6. The zero-order valence-electron chi connectivity index (χ0n) is 14.9. The fraction of sp³-hybridized carbons (Fsp3) is 0.400. The third kappa shape index (κ3) is 4.83. The van der Waals surface area contributed by atoms with E-state index in [2.05, 4.69) is 0 Å². The van der Waals surface area contributed by atoms with Gasteiger partial charge in [0.25, 0.3) is 0 Å². The van der Waals surface area contributed by atoms with Crippen LogP contribution in [0.5, 0.6) is 5.75 Å². The summed E-state index contributed by atoms with van der Waals surface area (Å²) >= 11 is 0. The molecule has 3 rings (SSSR count). The van der Waals surface area contributed by atoms with E-state index >= 15 is 0 Å². The molecule has 2 aromatic carbocycles. The summed E-state index contributed by atoms with van der Waals surface area (Å²) in [4.78, 5) is 0. The molecule has 1 saturated heterocycles. The number of hydrogen-bond acceptors (Lipinski definition) is 3. The molecule has 1 aliphatic heterocycles. The normalized spacial score (nSPS) is 16.5.